The van der Waals surface area contributed by atoms with Crippen LogP contribution in [0.15, 0.2) is 24.4 Å². The summed E-state index contributed by atoms with van der Waals surface area (Å²) in [7, 11) is -2.79. The Labute approximate surface area is 185 Å². The van der Waals surface area contributed by atoms with Gasteiger partial charge in [0.15, 0.2) is 13.9 Å². The number of hydrogen-bond donors (Lipinski definition) is 3. The molecule has 1 amide bonds. The largest absolute Gasteiger partial charge is 0.432 e. The number of ether oxygens (including phenoxy) is 1. The Morgan fingerprint density at radius 3 is 2.81 bits per heavy atom. The van der Waals surface area contributed by atoms with E-state index in [0.29, 0.717) is 36.3 Å². The SMILES string of the molecule is C[C@@H]1[C@@H]([Si](C)(C)O)[C@H](CCn2cc(CCO)nn2)O[C@@]12C(=O)Nc1ccc([N+](=O)[O-])cc12. The average molecular weight is 462 g/mol. The topological polar surface area (TPSA) is 153 Å². The van der Waals surface area contributed by atoms with Crippen LogP contribution >= 0.6 is 0 Å². The monoisotopic (exact) mass is 461 g/mol. The molecule has 4 atom stereocenters. The molecular formula is C20H27N5O6Si. The molecule has 0 bridgehead atoms. The van der Waals surface area contributed by atoms with Crippen LogP contribution in [0.2, 0.25) is 18.6 Å². The molecule has 3 heterocycles. The van der Waals surface area contributed by atoms with Crippen molar-refractivity contribution in [2.45, 2.75) is 56.7 Å². The van der Waals surface area contributed by atoms with Crippen LogP contribution in [-0.2, 0) is 28.1 Å². The Morgan fingerprint density at radius 1 is 1.41 bits per heavy atom. The predicted molar refractivity (Wildman–Crippen MR) is 116 cm³/mol. The van der Waals surface area contributed by atoms with Crippen molar-refractivity contribution in [1.29, 1.82) is 0 Å². The molecule has 11 nitrogen and oxygen atoms in total. The van der Waals surface area contributed by atoms with E-state index in [0.717, 1.165) is 0 Å². The number of aromatic nitrogens is 3. The number of non-ortho nitro benzene ring substituents is 1. The van der Waals surface area contributed by atoms with Gasteiger partial charge in [0.05, 0.1) is 16.7 Å². The molecular weight excluding hydrogens is 434 g/mol. The van der Waals surface area contributed by atoms with Crippen molar-refractivity contribution in [2.75, 3.05) is 11.9 Å². The summed E-state index contributed by atoms with van der Waals surface area (Å²) in [5.74, 6) is -0.750. The van der Waals surface area contributed by atoms with E-state index in [4.69, 9.17) is 9.84 Å². The Bertz CT molecular complexity index is 1050. The van der Waals surface area contributed by atoms with Crippen LogP contribution < -0.4 is 5.32 Å². The van der Waals surface area contributed by atoms with E-state index in [2.05, 4.69) is 15.6 Å². The summed E-state index contributed by atoms with van der Waals surface area (Å²) in [5.41, 5.74) is -0.174. The molecule has 0 unspecified atom stereocenters. The zero-order valence-corrected chi connectivity index (χ0v) is 19.2. The lowest BCUT2D eigenvalue weighted by atomic mass is 9.82. The van der Waals surface area contributed by atoms with Crippen LogP contribution in [0.3, 0.4) is 0 Å². The molecule has 2 aliphatic heterocycles. The molecule has 1 aromatic carbocycles. The maximum absolute atomic E-state index is 13.2. The first-order chi connectivity index (χ1) is 15.1. The molecule has 3 N–H and O–H groups in total. The van der Waals surface area contributed by atoms with Gasteiger partial charge in [-0.15, -0.1) is 5.10 Å². The molecule has 2 aliphatic rings. The molecule has 1 saturated heterocycles. The smallest absolute Gasteiger partial charge is 0.269 e. The first-order valence-corrected chi connectivity index (χ1v) is 13.6. The number of hydrogen-bond acceptors (Lipinski definition) is 8. The molecule has 1 fully saturated rings. The number of nitro benzene ring substituents is 1. The van der Waals surface area contributed by atoms with Crippen LogP contribution in [0.4, 0.5) is 11.4 Å². The van der Waals surface area contributed by atoms with Gasteiger partial charge in [-0.25, -0.2) is 0 Å². The van der Waals surface area contributed by atoms with Crippen molar-refractivity contribution in [1.82, 2.24) is 15.0 Å². The highest BCUT2D eigenvalue weighted by atomic mass is 28.4. The lowest BCUT2D eigenvalue weighted by molar-refractivity contribution is -0.385. The van der Waals surface area contributed by atoms with Gasteiger partial charge in [0.1, 0.15) is 0 Å². The summed E-state index contributed by atoms with van der Waals surface area (Å²) in [6.07, 6.45) is 2.20. The highest BCUT2D eigenvalue weighted by Crippen LogP contribution is 2.58. The number of carbonyl (C=O) groups excluding carboxylic acids is 1. The van der Waals surface area contributed by atoms with E-state index in [-0.39, 0.29) is 29.7 Å². The number of carbonyl (C=O) groups is 1. The quantitative estimate of drug-likeness (QED) is 0.319. The fraction of sp³-hybridized carbons (Fsp3) is 0.550. The van der Waals surface area contributed by atoms with Crippen molar-refractivity contribution in [3.05, 3.63) is 45.8 Å². The van der Waals surface area contributed by atoms with Crippen molar-refractivity contribution >= 4 is 25.6 Å². The number of fused-ring (bicyclic) bond motifs is 2. The third-order valence-electron chi connectivity index (χ3n) is 6.53. The summed E-state index contributed by atoms with van der Waals surface area (Å²) in [4.78, 5) is 35.2. The van der Waals surface area contributed by atoms with Crippen molar-refractivity contribution in [3.8, 4) is 0 Å². The maximum atomic E-state index is 13.2. The van der Waals surface area contributed by atoms with Gasteiger partial charge in [0, 0.05) is 60.6 Å². The van der Waals surface area contributed by atoms with Crippen LogP contribution in [0.5, 0.6) is 0 Å². The Hall–Kier alpha value is -2.67. The minimum Gasteiger partial charge on any atom is -0.432 e. The first kappa shape index (κ1) is 22.5. The fourth-order valence-corrected chi connectivity index (χ4v) is 7.81. The molecule has 2 aromatic rings. The van der Waals surface area contributed by atoms with E-state index in [1.807, 2.05) is 20.0 Å². The molecule has 0 saturated carbocycles. The van der Waals surface area contributed by atoms with E-state index in [1.165, 1.54) is 18.2 Å². The number of aryl methyl sites for hydroxylation is 1. The molecule has 12 heteroatoms. The number of aliphatic hydroxyl groups excluding tert-OH is 1. The van der Waals surface area contributed by atoms with Crippen LogP contribution in [0.1, 0.15) is 24.6 Å². The normalized spacial score (nSPS) is 27.0. The molecule has 4 rings (SSSR count). The molecule has 1 aromatic heterocycles. The second-order valence-corrected chi connectivity index (χ2v) is 13.0. The van der Waals surface area contributed by atoms with Gasteiger partial charge in [-0.2, -0.15) is 0 Å². The number of rotatable bonds is 7. The number of nitrogens with zero attached hydrogens (tertiary/aromatic N) is 4. The number of nitrogens with one attached hydrogen (secondary N) is 1. The lowest BCUT2D eigenvalue weighted by Gasteiger charge is -2.32. The summed E-state index contributed by atoms with van der Waals surface area (Å²) < 4.78 is 8.10. The number of aliphatic hydroxyl groups is 1. The standard InChI is InChI=1S/C20H27N5O6Si/c1-12-18(32(2,3)30)17(6-8-24-11-13(7-9-26)22-23-24)31-20(12)15-10-14(25(28)29)4-5-16(15)21-19(20)27/h4-5,10-12,17-18,26,30H,6-9H2,1-3H3,(H,21,27)/t12-,17+,18-,20+/m1/s1. The molecule has 172 valence electrons. The minimum atomic E-state index is -2.79. The van der Waals surface area contributed by atoms with Crippen molar-refractivity contribution < 1.29 is 24.4 Å². The minimum absolute atomic E-state index is 0.0164. The van der Waals surface area contributed by atoms with Crippen molar-refractivity contribution in [2.24, 2.45) is 5.92 Å². The zero-order valence-electron chi connectivity index (χ0n) is 18.2. The van der Waals surface area contributed by atoms with Gasteiger partial charge in [0.25, 0.3) is 11.6 Å². The summed E-state index contributed by atoms with van der Waals surface area (Å²) in [6, 6.07) is 4.28. The van der Waals surface area contributed by atoms with E-state index in [9.17, 15) is 19.7 Å². The zero-order chi connectivity index (χ0) is 23.3. The summed E-state index contributed by atoms with van der Waals surface area (Å²) >= 11 is 0. The van der Waals surface area contributed by atoms with Crippen LogP contribution in [0, 0.1) is 16.0 Å². The highest BCUT2D eigenvalue weighted by molar-refractivity contribution is 6.71. The average Bonchev–Trinajstić information content (AvgIpc) is 3.36. The molecule has 0 aliphatic carbocycles. The van der Waals surface area contributed by atoms with E-state index in [1.54, 1.807) is 10.9 Å². The Balaban J connectivity index is 1.67. The highest BCUT2D eigenvalue weighted by Gasteiger charge is 2.64. The maximum Gasteiger partial charge on any atom is 0.269 e. The van der Waals surface area contributed by atoms with Gasteiger partial charge in [-0.3, -0.25) is 19.6 Å². The van der Waals surface area contributed by atoms with Crippen molar-refractivity contribution in [3.63, 3.8) is 0 Å². The second kappa shape index (κ2) is 8.03. The Morgan fingerprint density at radius 2 is 2.16 bits per heavy atom. The summed E-state index contributed by atoms with van der Waals surface area (Å²) in [6.45, 7) is 5.95. The van der Waals surface area contributed by atoms with Gasteiger partial charge >= 0.3 is 0 Å². The Kier molecular flexibility index (Phi) is 5.65. The van der Waals surface area contributed by atoms with Gasteiger partial charge in [-0.05, 0) is 25.6 Å². The molecule has 1 spiro atoms. The van der Waals surface area contributed by atoms with Gasteiger partial charge < -0.3 is 20.0 Å². The summed E-state index contributed by atoms with van der Waals surface area (Å²) in [5, 5.41) is 31.3. The number of anilines is 1. The van der Waals surface area contributed by atoms with E-state index >= 15 is 0 Å². The van der Waals surface area contributed by atoms with Crippen LogP contribution in [-0.4, -0.2) is 56.8 Å². The fourth-order valence-electron chi connectivity index (χ4n) is 5.20. The lowest BCUT2D eigenvalue weighted by Crippen LogP contribution is -2.43. The first-order valence-electron chi connectivity index (χ1n) is 10.6. The third kappa shape index (κ3) is 3.62. The van der Waals surface area contributed by atoms with Gasteiger partial charge in [0.2, 0.25) is 0 Å². The van der Waals surface area contributed by atoms with E-state index < -0.39 is 24.9 Å². The van der Waals surface area contributed by atoms with Gasteiger partial charge in [-0.1, -0.05) is 12.1 Å². The third-order valence-corrected chi connectivity index (χ3v) is 9.03. The number of benzene rings is 1. The molecule has 0 radical (unpaired) electrons. The predicted octanol–water partition coefficient (Wildman–Crippen LogP) is 1.56. The second-order valence-electron chi connectivity index (χ2n) is 9.04. The number of nitro groups is 1. The number of amides is 1. The molecule has 32 heavy (non-hydrogen) atoms. The van der Waals surface area contributed by atoms with Crippen LogP contribution in [0.25, 0.3) is 0 Å².